The zero-order valence-corrected chi connectivity index (χ0v) is 15.5. The Morgan fingerprint density at radius 1 is 0.920 bits per heavy atom. The van der Waals surface area contributed by atoms with Crippen molar-refractivity contribution in [1.29, 1.82) is 0 Å². The van der Waals surface area contributed by atoms with E-state index in [9.17, 15) is 9.59 Å². The molecule has 1 aliphatic heterocycles. The summed E-state index contributed by atoms with van der Waals surface area (Å²) >= 11 is 1.37. The Morgan fingerprint density at radius 3 is 2.16 bits per heavy atom. The molecule has 0 spiro atoms. The van der Waals surface area contributed by atoms with Gasteiger partial charge in [0.05, 0.1) is 10.5 Å². The molecule has 0 aliphatic carbocycles. The van der Waals surface area contributed by atoms with Crippen LogP contribution < -0.4 is 0 Å². The summed E-state index contributed by atoms with van der Waals surface area (Å²) in [4.78, 5) is 28.8. The quantitative estimate of drug-likeness (QED) is 0.743. The Labute approximate surface area is 152 Å². The predicted octanol–water partition coefficient (Wildman–Crippen LogP) is 4.52. The molecule has 128 valence electrons. The van der Waals surface area contributed by atoms with Gasteiger partial charge in [0.25, 0.3) is 11.8 Å². The van der Waals surface area contributed by atoms with E-state index in [4.69, 9.17) is 0 Å². The van der Waals surface area contributed by atoms with E-state index < -0.39 is 0 Å². The van der Waals surface area contributed by atoms with Gasteiger partial charge in [-0.05, 0) is 30.5 Å². The maximum atomic E-state index is 13.0. The first-order chi connectivity index (χ1) is 12.0. The summed E-state index contributed by atoms with van der Waals surface area (Å²) in [5.74, 6) is -0.155. The van der Waals surface area contributed by atoms with Gasteiger partial charge in [0.2, 0.25) is 0 Å². The van der Waals surface area contributed by atoms with E-state index in [2.05, 4.69) is 0 Å². The van der Waals surface area contributed by atoms with Crippen molar-refractivity contribution in [1.82, 2.24) is 4.90 Å². The lowest BCUT2D eigenvalue weighted by Gasteiger charge is -2.17. The Hall–Kier alpha value is -2.33. The van der Waals surface area contributed by atoms with Crippen LogP contribution in [-0.2, 0) is 9.59 Å². The summed E-state index contributed by atoms with van der Waals surface area (Å²) in [5.41, 5.74) is 2.44. The van der Waals surface area contributed by atoms with Crippen molar-refractivity contribution in [2.45, 2.75) is 25.7 Å². The first-order valence-electron chi connectivity index (χ1n) is 8.37. The van der Waals surface area contributed by atoms with Crippen LogP contribution in [0.3, 0.4) is 0 Å². The van der Waals surface area contributed by atoms with Gasteiger partial charge in [0.1, 0.15) is 0 Å². The smallest absolute Gasteiger partial charge is 0.268 e. The number of rotatable bonds is 5. The van der Waals surface area contributed by atoms with Crippen LogP contribution in [0.25, 0.3) is 5.57 Å². The number of benzene rings is 2. The number of aryl methyl sites for hydroxylation is 1. The van der Waals surface area contributed by atoms with Gasteiger partial charge in [-0.15, -0.1) is 0 Å². The van der Waals surface area contributed by atoms with Crippen LogP contribution in [0.2, 0.25) is 0 Å². The number of hydrogen-bond acceptors (Lipinski definition) is 3. The summed E-state index contributed by atoms with van der Waals surface area (Å²) in [6.45, 7) is 6.46. The van der Waals surface area contributed by atoms with Crippen LogP contribution >= 0.6 is 11.8 Å². The molecule has 0 atom stereocenters. The monoisotopic (exact) mass is 351 g/mol. The number of nitrogens with zero attached hydrogens (tertiary/aromatic N) is 1. The Kier molecular flexibility index (Phi) is 5.09. The number of carbonyl (C=O) groups is 2. The fourth-order valence-corrected chi connectivity index (χ4v) is 3.79. The van der Waals surface area contributed by atoms with Crippen LogP contribution in [0.5, 0.6) is 0 Å². The van der Waals surface area contributed by atoms with Crippen molar-refractivity contribution >= 4 is 29.1 Å². The lowest BCUT2D eigenvalue weighted by atomic mass is 10.0. The van der Waals surface area contributed by atoms with Gasteiger partial charge in [0.15, 0.2) is 0 Å². The molecule has 1 heterocycles. The summed E-state index contributed by atoms with van der Waals surface area (Å²) in [6, 6.07) is 17.5. The average molecular weight is 351 g/mol. The summed E-state index contributed by atoms with van der Waals surface area (Å²) in [6.07, 6.45) is 0. The molecule has 0 bridgehead atoms. The molecule has 2 aromatic rings. The van der Waals surface area contributed by atoms with Crippen LogP contribution in [0.15, 0.2) is 64.4 Å². The van der Waals surface area contributed by atoms with Crippen molar-refractivity contribution in [2.75, 3.05) is 6.54 Å². The topological polar surface area (TPSA) is 37.4 Å². The molecule has 0 saturated heterocycles. The van der Waals surface area contributed by atoms with Crippen LogP contribution in [-0.4, -0.2) is 23.3 Å². The van der Waals surface area contributed by atoms with E-state index in [0.717, 1.165) is 16.0 Å². The van der Waals surface area contributed by atoms with Gasteiger partial charge in [-0.1, -0.05) is 73.6 Å². The third-order valence-electron chi connectivity index (χ3n) is 3.98. The molecule has 0 radical (unpaired) electrons. The molecular formula is C21H21NO2S. The Balaban J connectivity index is 2.05. The summed E-state index contributed by atoms with van der Waals surface area (Å²) in [5, 5.41) is 0. The minimum atomic E-state index is -0.194. The molecule has 0 N–H and O–H groups in total. The second-order valence-electron chi connectivity index (χ2n) is 6.60. The highest BCUT2D eigenvalue weighted by Gasteiger charge is 2.39. The van der Waals surface area contributed by atoms with E-state index in [1.54, 1.807) is 0 Å². The minimum absolute atomic E-state index is 0.192. The maximum absolute atomic E-state index is 13.0. The van der Waals surface area contributed by atoms with Crippen LogP contribution in [0.4, 0.5) is 0 Å². The van der Waals surface area contributed by atoms with Gasteiger partial charge in [-0.25, -0.2) is 0 Å². The summed E-state index contributed by atoms with van der Waals surface area (Å²) in [7, 11) is 0. The Morgan fingerprint density at radius 2 is 1.56 bits per heavy atom. The Bertz CT molecular complexity index is 823. The van der Waals surface area contributed by atoms with Gasteiger partial charge in [0, 0.05) is 11.4 Å². The average Bonchev–Trinajstić information content (AvgIpc) is 2.81. The molecule has 2 amide bonds. The first kappa shape index (κ1) is 17.5. The highest BCUT2D eigenvalue weighted by atomic mass is 32.2. The second-order valence-corrected chi connectivity index (χ2v) is 7.68. The van der Waals surface area contributed by atoms with Gasteiger partial charge >= 0.3 is 0 Å². The molecule has 0 aromatic heterocycles. The number of thioether (sulfide) groups is 1. The highest BCUT2D eigenvalue weighted by molar-refractivity contribution is 8.04. The van der Waals surface area contributed by atoms with Crippen molar-refractivity contribution in [3.8, 4) is 0 Å². The lowest BCUT2D eigenvalue weighted by Crippen LogP contribution is -2.34. The zero-order valence-electron chi connectivity index (χ0n) is 14.7. The maximum Gasteiger partial charge on any atom is 0.268 e. The standard InChI is InChI=1S/C21H21NO2S/c1-14(2)13-22-20(23)18(16-11-9-15(3)10-12-16)19(21(22)24)25-17-7-5-4-6-8-17/h4-12,14H,13H2,1-3H3. The zero-order chi connectivity index (χ0) is 18.0. The molecule has 1 aliphatic rings. The van der Waals surface area contributed by atoms with Crippen molar-refractivity contribution in [2.24, 2.45) is 5.92 Å². The SMILES string of the molecule is Cc1ccc(C2=C(Sc3ccccc3)C(=O)N(CC(C)C)C2=O)cc1. The van der Waals surface area contributed by atoms with Crippen molar-refractivity contribution in [3.63, 3.8) is 0 Å². The first-order valence-corrected chi connectivity index (χ1v) is 9.19. The molecule has 0 unspecified atom stereocenters. The molecular weight excluding hydrogens is 330 g/mol. The molecule has 3 rings (SSSR count). The fourth-order valence-electron chi connectivity index (χ4n) is 2.76. The molecule has 2 aromatic carbocycles. The van der Waals surface area contributed by atoms with E-state index >= 15 is 0 Å². The lowest BCUT2D eigenvalue weighted by molar-refractivity contribution is -0.137. The molecule has 3 nitrogen and oxygen atoms in total. The number of carbonyl (C=O) groups excluding carboxylic acids is 2. The third kappa shape index (κ3) is 3.69. The number of hydrogen-bond donors (Lipinski definition) is 0. The van der Waals surface area contributed by atoms with Gasteiger partial charge in [-0.2, -0.15) is 0 Å². The fraction of sp³-hybridized carbons (Fsp3) is 0.238. The molecule has 0 fully saturated rings. The highest BCUT2D eigenvalue weighted by Crippen LogP contribution is 2.39. The molecule has 25 heavy (non-hydrogen) atoms. The normalized spacial score (nSPS) is 14.8. The summed E-state index contributed by atoms with van der Waals surface area (Å²) < 4.78 is 0. The van der Waals surface area contributed by atoms with Crippen molar-refractivity contribution in [3.05, 3.63) is 70.6 Å². The van der Waals surface area contributed by atoms with Gasteiger partial charge < -0.3 is 0 Å². The third-order valence-corrected chi connectivity index (χ3v) is 5.07. The molecule has 0 saturated carbocycles. The largest absolute Gasteiger partial charge is 0.274 e. The van der Waals surface area contributed by atoms with Crippen LogP contribution in [0.1, 0.15) is 25.0 Å². The van der Waals surface area contributed by atoms with E-state index in [1.165, 1.54) is 16.7 Å². The van der Waals surface area contributed by atoms with Crippen molar-refractivity contribution < 1.29 is 9.59 Å². The predicted molar refractivity (Wildman–Crippen MR) is 102 cm³/mol. The number of amides is 2. The van der Waals surface area contributed by atoms with E-state index in [1.807, 2.05) is 75.4 Å². The minimum Gasteiger partial charge on any atom is -0.274 e. The second kappa shape index (κ2) is 7.28. The van der Waals surface area contributed by atoms with E-state index in [-0.39, 0.29) is 17.7 Å². The number of imide groups is 1. The van der Waals surface area contributed by atoms with E-state index in [0.29, 0.717) is 17.0 Å². The van der Waals surface area contributed by atoms with Crippen LogP contribution in [0, 0.1) is 12.8 Å². The van der Waals surface area contributed by atoms with Gasteiger partial charge in [-0.3, -0.25) is 14.5 Å². The molecule has 4 heteroatoms.